The summed E-state index contributed by atoms with van der Waals surface area (Å²) in [6.07, 6.45) is 6.06. The average Bonchev–Trinajstić information content (AvgIpc) is 3.09. The SMILES string of the molecule is CN(CC1CCCC1O)C(=O)NC1CCCn2ncnc21. The number of hydrogen-bond acceptors (Lipinski definition) is 4. The molecule has 0 spiro atoms. The van der Waals surface area contributed by atoms with E-state index in [0.717, 1.165) is 44.5 Å². The second-order valence-corrected chi connectivity index (χ2v) is 6.12. The maximum absolute atomic E-state index is 12.3. The fraction of sp³-hybridized carbons (Fsp3) is 0.786. The van der Waals surface area contributed by atoms with Gasteiger partial charge in [0.05, 0.1) is 12.1 Å². The number of fused-ring (bicyclic) bond motifs is 1. The van der Waals surface area contributed by atoms with Crippen molar-refractivity contribution in [3.8, 4) is 0 Å². The second kappa shape index (κ2) is 6.01. The molecule has 0 radical (unpaired) electrons. The summed E-state index contributed by atoms with van der Waals surface area (Å²) in [7, 11) is 1.79. The Morgan fingerprint density at radius 3 is 3.10 bits per heavy atom. The molecule has 0 bridgehead atoms. The number of nitrogens with zero attached hydrogens (tertiary/aromatic N) is 4. The molecular weight excluding hydrogens is 270 g/mol. The number of hydrogen-bond donors (Lipinski definition) is 2. The largest absolute Gasteiger partial charge is 0.393 e. The van der Waals surface area contributed by atoms with Gasteiger partial charge in [-0.05, 0) is 25.7 Å². The number of aliphatic hydroxyl groups is 1. The van der Waals surface area contributed by atoms with Gasteiger partial charge in [0.1, 0.15) is 12.2 Å². The molecule has 2 N–H and O–H groups in total. The van der Waals surface area contributed by atoms with Gasteiger partial charge in [-0.15, -0.1) is 0 Å². The molecule has 116 valence electrons. The molecule has 2 amide bonds. The number of aliphatic hydroxyl groups excluding tert-OH is 1. The van der Waals surface area contributed by atoms with Gasteiger partial charge >= 0.3 is 6.03 Å². The van der Waals surface area contributed by atoms with Crippen LogP contribution in [0.5, 0.6) is 0 Å². The third-order valence-corrected chi connectivity index (χ3v) is 4.59. The van der Waals surface area contributed by atoms with Gasteiger partial charge in [0, 0.05) is 26.1 Å². The van der Waals surface area contributed by atoms with Crippen molar-refractivity contribution in [2.45, 2.75) is 50.8 Å². The van der Waals surface area contributed by atoms with E-state index in [1.807, 2.05) is 4.68 Å². The summed E-state index contributed by atoms with van der Waals surface area (Å²) >= 11 is 0. The molecule has 3 rings (SSSR count). The molecule has 1 fully saturated rings. The van der Waals surface area contributed by atoms with E-state index in [2.05, 4.69) is 15.4 Å². The molecule has 3 atom stereocenters. The van der Waals surface area contributed by atoms with Crippen LogP contribution in [-0.4, -0.2) is 50.5 Å². The number of aromatic nitrogens is 3. The lowest BCUT2D eigenvalue weighted by Gasteiger charge is -2.28. The van der Waals surface area contributed by atoms with Gasteiger partial charge in [-0.25, -0.2) is 14.5 Å². The Balaban J connectivity index is 1.57. The highest BCUT2D eigenvalue weighted by Crippen LogP contribution is 2.26. The third kappa shape index (κ3) is 3.02. The van der Waals surface area contributed by atoms with Gasteiger partial charge in [0.25, 0.3) is 0 Å². The van der Waals surface area contributed by atoms with Crippen LogP contribution in [0.2, 0.25) is 0 Å². The Morgan fingerprint density at radius 2 is 2.33 bits per heavy atom. The van der Waals surface area contributed by atoms with Gasteiger partial charge < -0.3 is 15.3 Å². The first kappa shape index (κ1) is 14.3. The van der Waals surface area contributed by atoms with Crippen LogP contribution < -0.4 is 5.32 Å². The highest BCUT2D eigenvalue weighted by atomic mass is 16.3. The van der Waals surface area contributed by atoms with Crippen molar-refractivity contribution < 1.29 is 9.90 Å². The Kier molecular flexibility index (Phi) is 4.10. The summed E-state index contributed by atoms with van der Waals surface area (Å²) < 4.78 is 1.86. The summed E-state index contributed by atoms with van der Waals surface area (Å²) in [6, 6.07) is -0.166. The maximum Gasteiger partial charge on any atom is 0.317 e. The molecule has 7 heteroatoms. The average molecular weight is 293 g/mol. The van der Waals surface area contributed by atoms with Crippen LogP contribution >= 0.6 is 0 Å². The molecule has 1 aromatic heterocycles. The molecule has 1 aliphatic heterocycles. The lowest BCUT2D eigenvalue weighted by molar-refractivity contribution is 0.113. The normalized spacial score (nSPS) is 28.2. The molecule has 2 aliphatic rings. The fourth-order valence-electron chi connectivity index (χ4n) is 3.35. The number of rotatable bonds is 3. The van der Waals surface area contributed by atoms with E-state index in [4.69, 9.17) is 0 Å². The molecule has 0 aromatic carbocycles. The van der Waals surface area contributed by atoms with Crippen LogP contribution in [0, 0.1) is 5.92 Å². The van der Waals surface area contributed by atoms with Crippen LogP contribution in [0.3, 0.4) is 0 Å². The highest BCUT2D eigenvalue weighted by molar-refractivity contribution is 5.74. The first-order chi connectivity index (χ1) is 10.1. The zero-order valence-electron chi connectivity index (χ0n) is 12.4. The minimum absolute atomic E-state index is 0.0651. The van der Waals surface area contributed by atoms with Crippen LogP contribution in [-0.2, 0) is 6.54 Å². The number of amides is 2. The minimum Gasteiger partial charge on any atom is -0.393 e. The van der Waals surface area contributed by atoms with E-state index in [0.29, 0.717) is 6.54 Å². The zero-order valence-corrected chi connectivity index (χ0v) is 12.4. The van der Waals surface area contributed by atoms with Crippen molar-refractivity contribution in [2.75, 3.05) is 13.6 Å². The minimum atomic E-state index is -0.266. The Bertz CT molecular complexity index is 503. The van der Waals surface area contributed by atoms with Crippen molar-refractivity contribution >= 4 is 6.03 Å². The Labute approximate surface area is 124 Å². The molecule has 1 saturated carbocycles. The molecular formula is C14H23N5O2. The summed E-state index contributed by atoms with van der Waals surface area (Å²) in [5.74, 6) is 1.04. The van der Waals surface area contributed by atoms with Crippen LogP contribution in [0.15, 0.2) is 6.33 Å². The van der Waals surface area contributed by atoms with Crippen molar-refractivity contribution in [2.24, 2.45) is 5.92 Å². The smallest absolute Gasteiger partial charge is 0.317 e. The lowest BCUT2D eigenvalue weighted by atomic mass is 10.1. The van der Waals surface area contributed by atoms with Crippen molar-refractivity contribution in [1.82, 2.24) is 25.0 Å². The van der Waals surface area contributed by atoms with E-state index < -0.39 is 0 Å². The molecule has 21 heavy (non-hydrogen) atoms. The number of aryl methyl sites for hydroxylation is 1. The molecule has 1 aromatic rings. The predicted octanol–water partition coefficient (Wildman–Crippen LogP) is 0.915. The quantitative estimate of drug-likeness (QED) is 0.868. The van der Waals surface area contributed by atoms with Gasteiger partial charge in [-0.2, -0.15) is 5.10 Å². The number of nitrogens with one attached hydrogen (secondary N) is 1. The number of urea groups is 1. The van der Waals surface area contributed by atoms with E-state index in [1.54, 1.807) is 18.3 Å². The van der Waals surface area contributed by atoms with E-state index >= 15 is 0 Å². The van der Waals surface area contributed by atoms with Crippen molar-refractivity contribution in [3.63, 3.8) is 0 Å². The standard InChI is InChI=1S/C14H23N5O2/c1-18(8-10-4-2-6-12(10)20)14(21)17-11-5-3-7-19-13(11)15-9-16-19/h9-12,20H,2-8H2,1H3,(H,17,21). The van der Waals surface area contributed by atoms with Crippen molar-refractivity contribution in [3.05, 3.63) is 12.2 Å². The first-order valence-electron chi connectivity index (χ1n) is 7.72. The fourth-order valence-corrected chi connectivity index (χ4v) is 3.35. The van der Waals surface area contributed by atoms with Crippen LogP contribution in [0.4, 0.5) is 4.79 Å². The third-order valence-electron chi connectivity index (χ3n) is 4.59. The summed E-state index contributed by atoms with van der Waals surface area (Å²) in [5.41, 5.74) is 0. The van der Waals surface area contributed by atoms with Gasteiger partial charge in [0.15, 0.2) is 0 Å². The summed E-state index contributed by atoms with van der Waals surface area (Å²) in [4.78, 5) is 18.2. The van der Waals surface area contributed by atoms with Crippen LogP contribution in [0.25, 0.3) is 0 Å². The van der Waals surface area contributed by atoms with Gasteiger partial charge in [-0.3, -0.25) is 0 Å². The number of carbonyl (C=O) groups is 1. The van der Waals surface area contributed by atoms with E-state index in [-0.39, 0.29) is 24.1 Å². The summed E-state index contributed by atoms with van der Waals surface area (Å²) in [5, 5.41) is 17.1. The molecule has 3 unspecified atom stereocenters. The molecule has 7 nitrogen and oxygen atoms in total. The zero-order chi connectivity index (χ0) is 14.8. The van der Waals surface area contributed by atoms with Crippen molar-refractivity contribution in [1.29, 1.82) is 0 Å². The maximum atomic E-state index is 12.3. The highest BCUT2D eigenvalue weighted by Gasteiger charge is 2.29. The molecule has 2 heterocycles. The van der Waals surface area contributed by atoms with E-state index in [1.165, 1.54) is 0 Å². The van der Waals surface area contributed by atoms with Crippen LogP contribution in [0.1, 0.15) is 44.0 Å². The Hall–Kier alpha value is -1.63. The van der Waals surface area contributed by atoms with E-state index in [9.17, 15) is 9.90 Å². The molecule has 1 aliphatic carbocycles. The second-order valence-electron chi connectivity index (χ2n) is 6.12. The monoisotopic (exact) mass is 293 g/mol. The Morgan fingerprint density at radius 1 is 1.48 bits per heavy atom. The van der Waals surface area contributed by atoms with Gasteiger partial charge in [-0.1, -0.05) is 6.42 Å². The topological polar surface area (TPSA) is 83.3 Å². The number of carbonyl (C=O) groups excluding carboxylic acids is 1. The van der Waals surface area contributed by atoms with Gasteiger partial charge in [0.2, 0.25) is 0 Å². The summed E-state index contributed by atoms with van der Waals surface area (Å²) in [6.45, 7) is 1.47. The first-order valence-corrected chi connectivity index (χ1v) is 7.72. The predicted molar refractivity (Wildman–Crippen MR) is 76.5 cm³/mol. The molecule has 0 saturated heterocycles. The lowest BCUT2D eigenvalue weighted by Crippen LogP contribution is -2.43.